The zero-order valence-electron chi connectivity index (χ0n) is 24.3. The molecule has 0 radical (unpaired) electrons. The van der Waals surface area contributed by atoms with Crippen molar-refractivity contribution in [3.8, 4) is 11.5 Å². The van der Waals surface area contributed by atoms with Crippen molar-refractivity contribution in [3.63, 3.8) is 0 Å². The third-order valence-electron chi connectivity index (χ3n) is 7.01. The van der Waals surface area contributed by atoms with Crippen LogP contribution in [0, 0.1) is 0 Å². The van der Waals surface area contributed by atoms with Gasteiger partial charge in [-0.05, 0) is 78.8 Å². The molecule has 204 valence electrons. The van der Waals surface area contributed by atoms with E-state index in [2.05, 4.69) is 57.0 Å². The van der Waals surface area contributed by atoms with Gasteiger partial charge in [0.2, 0.25) is 0 Å². The number of hydrogen-bond acceptors (Lipinski definition) is 3. The minimum atomic E-state index is -1.04. The highest BCUT2D eigenvalue weighted by Crippen LogP contribution is 2.26. The third kappa shape index (κ3) is 10.6. The molecule has 0 spiro atoms. The quantitative estimate of drug-likeness (QED) is 0.0876. The number of methoxy groups -OCH3 is 1. The second kappa shape index (κ2) is 14.0. The Morgan fingerprint density at radius 1 is 0.632 bits per heavy atom. The predicted octanol–water partition coefficient (Wildman–Crippen LogP) is 9.00. The Hall–Kier alpha value is -2.64. The highest BCUT2D eigenvalue weighted by atomic mass is 28.4. The molecule has 0 saturated heterocycles. The molecular formula is C33H46O3Si2. The molecule has 5 heteroatoms. The van der Waals surface area contributed by atoms with Crippen LogP contribution in [-0.4, -0.2) is 29.2 Å². The summed E-state index contributed by atoms with van der Waals surface area (Å²) in [6, 6.07) is 25.4. The summed E-state index contributed by atoms with van der Waals surface area (Å²) in [5.41, 5.74) is 5.91. The molecule has 0 saturated carbocycles. The Balaban J connectivity index is 1.39. The molecule has 0 aliphatic heterocycles. The normalized spacial score (nSPS) is 11.8. The number of ether oxygens (including phenoxy) is 2. The minimum absolute atomic E-state index is 0.308. The first kappa shape index (κ1) is 29.9. The summed E-state index contributed by atoms with van der Waals surface area (Å²) in [6.07, 6.45) is 6.82. The topological polar surface area (TPSA) is 35.5 Å². The van der Waals surface area contributed by atoms with Gasteiger partial charge in [0, 0.05) is 16.1 Å². The highest BCUT2D eigenvalue weighted by Gasteiger charge is 2.27. The van der Waals surface area contributed by atoms with E-state index in [0.717, 1.165) is 25.0 Å². The van der Waals surface area contributed by atoms with E-state index in [0.29, 0.717) is 11.3 Å². The Labute approximate surface area is 232 Å². The van der Waals surface area contributed by atoms with Crippen LogP contribution in [0.1, 0.15) is 46.3 Å². The number of esters is 1. The van der Waals surface area contributed by atoms with Crippen molar-refractivity contribution in [1.82, 2.24) is 0 Å². The van der Waals surface area contributed by atoms with E-state index in [9.17, 15) is 4.79 Å². The fourth-order valence-electron chi connectivity index (χ4n) is 5.41. The maximum Gasteiger partial charge on any atom is 0.343 e. The van der Waals surface area contributed by atoms with Gasteiger partial charge in [0.1, 0.15) is 11.5 Å². The van der Waals surface area contributed by atoms with Crippen molar-refractivity contribution in [2.24, 2.45) is 0 Å². The average molecular weight is 547 g/mol. The van der Waals surface area contributed by atoms with Gasteiger partial charge in [0.15, 0.2) is 0 Å². The zero-order chi connectivity index (χ0) is 27.6. The van der Waals surface area contributed by atoms with Crippen LogP contribution < -0.4 is 9.47 Å². The minimum Gasteiger partial charge on any atom is -0.497 e. The van der Waals surface area contributed by atoms with Crippen molar-refractivity contribution < 1.29 is 14.3 Å². The Bertz CT molecular complexity index is 1130. The van der Waals surface area contributed by atoms with E-state index in [-0.39, 0.29) is 5.97 Å². The summed E-state index contributed by atoms with van der Waals surface area (Å²) in [7, 11) is -0.313. The second-order valence-electron chi connectivity index (χ2n) is 12.5. The maximum absolute atomic E-state index is 12.6. The van der Waals surface area contributed by atoms with Gasteiger partial charge in [-0.1, -0.05) is 93.7 Å². The predicted molar refractivity (Wildman–Crippen MR) is 166 cm³/mol. The molecule has 0 atom stereocenters. The van der Waals surface area contributed by atoms with Gasteiger partial charge >= 0.3 is 5.97 Å². The Kier molecular flexibility index (Phi) is 11.0. The molecule has 3 aromatic rings. The summed E-state index contributed by atoms with van der Waals surface area (Å²) in [5.74, 6) is 1.14. The lowest BCUT2D eigenvalue weighted by Crippen LogP contribution is -2.37. The molecule has 38 heavy (non-hydrogen) atoms. The summed E-state index contributed by atoms with van der Waals surface area (Å²) in [4.78, 5) is 12.6. The monoisotopic (exact) mass is 546 g/mol. The highest BCUT2D eigenvalue weighted by molar-refractivity contribution is 6.94. The SMILES string of the molecule is COc1ccc(CCc2ccc(OC(=O)c3ccc(CCCCC[Si](C)(C)C[Si](C)(C)C)cc3)cc2)cc1. The molecule has 3 rings (SSSR count). The van der Waals surface area contributed by atoms with Crippen LogP contribution >= 0.6 is 0 Å². The fourth-order valence-corrected chi connectivity index (χ4v) is 18.8. The summed E-state index contributed by atoms with van der Waals surface area (Å²) in [5, 5.41) is 0. The van der Waals surface area contributed by atoms with Crippen molar-refractivity contribution in [3.05, 3.63) is 95.1 Å². The summed E-state index contributed by atoms with van der Waals surface area (Å²) in [6.45, 7) is 12.7. The average Bonchev–Trinajstić information content (AvgIpc) is 2.87. The van der Waals surface area contributed by atoms with E-state index >= 15 is 0 Å². The molecule has 0 bridgehead atoms. The van der Waals surface area contributed by atoms with Crippen LogP contribution in [-0.2, 0) is 19.3 Å². The number of carbonyl (C=O) groups is 1. The maximum atomic E-state index is 12.6. The molecule has 0 aliphatic carbocycles. The standard InChI is InChI=1S/C33H46O3Si2/c1-35-31-21-15-28(16-22-31)11-12-29-17-23-32(24-18-29)36-33(34)30-19-13-27(14-20-30)10-8-7-9-25-38(5,6)26-37(2,3)4/h13-24H,7-12,25-26H2,1-6H3. The van der Waals surface area contributed by atoms with Crippen LogP contribution in [0.25, 0.3) is 0 Å². The van der Waals surface area contributed by atoms with Crippen LogP contribution in [0.5, 0.6) is 11.5 Å². The number of hydrogen-bond donors (Lipinski definition) is 0. The number of aryl methyl sites for hydroxylation is 3. The number of rotatable bonds is 14. The lowest BCUT2D eigenvalue weighted by molar-refractivity contribution is 0.0734. The lowest BCUT2D eigenvalue weighted by atomic mass is 10.0. The molecule has 3 nitrogen and oxygen atoms in total. The van der Waals surface area contributed by atoms with Crippen LogP contribution in [0.15, 0.2) is 72.8 Å². The molecule has 0 amide bonds. The first-order chi connectivity index (χ1) is 18.0. The van der Waals surface area contributed by atoms with Gasteiger partial charge in [0.25, 0.3) is 0 Å². The van der Waals surface area contributed by atoms with Crippen molar-refractivity contribution >= 4 is 22.1 Å². The van der Waals surface area contributed by atoms with Crippen molar-refractivity contribution in [2.75, 3.05) is 7.11 Å². The van der Waals surface area contributed by atoms with Gasteiger partial charge in [-0.3, -0.25) is 0 Å². The van der Waals surface area contributed by atoms with Gasteiger partial charge in [-0.25, -0.2) is 4.79 Å². The zero-order valence-corrected chi connectivity index (χ0v) is 26.3. The van der Waals surface area contributed by atoms with Crippen LogP contribution in [0.4, 0.5) is 0 Å². The van der Waals surface area contributed by atoms with E-state index in [1.165, 1.54) is 47.7 Å². The molecule has 0 aliphatic rings. The summed E-state index contributed by atoms with van der Waals surface area (Å²) < 4.78 is 10.8. The number of benzene rings is 3. The largest absolute Gasteiger partial charge is 0.497 e. The lowest BCUT2D eigenvalue weighted by Gasteiger charge is -2.29. The smallest absolute Gasteiger partial charge is 0.343 e. The van der Waals surface area contributed by atoms with E-state index in [4.69, 9.17) is 9.47 Å². The van der Waals surface area contributed by atoms with E-state index in [1.807, 2.05) is 48.5 Å². The first-order valence-electron chi connectivity index (χ1n) is 14.1. The number of unbranched alkanes of at least 4 members (excludes halogenated alkanes) is 2. The Morgan fingerprint density at radius 3 is 1.66 bits per heavy atom. The van der Waals surface area contributed by atoms with Crippen LogP contribution in [0.2, 0.25) is 44.4 Å². The van der Waals surface area contributed by atoms with Crippen molar-refractivity contribution in [1.29, 1.82) is 0 Å². The van der Waals surface area contributed by atoms with Crippen LogP contribution in [0.3, 0.4) is 0 Å². The number of carbonyl (C=O) groups excluding carboxylic acids is 1. The molecule has 0 N–H and O–H groups in total. The molecule has 0 aromatic heterocycles. The molecule has 0 unspecified atom stereocenters. The molecular weight excluding hydrogens is 501 g/mol. The molecule has 0 fully saturated rings. The van der Waals surface area contributed by atoms with Gasteiger partial charge in [-0.15, -0.1) is 0 Å². The summed E-state index contributed by atoms with van der Waals surface area (Å²) >= 11 is 0. The second-order valence-corrected chi connectivity index (χ2v) is 23.9. The fraction of sp³-hybridized carbons (Fsp3) is 0.424. The van der Waals surface area contributed by atoms with E-state index < -0.39 is 16.1 Å². The van der Waals surface area contributed by atoms with Gasteiger partial charge in [0.05, 0.1) is 12.7 Å². The molecule has 3 aromatic carbocycles. The van der Waals surface area contributed by atoms with Gasteiger partial charge < -0.3 is 9.47 Å². The van der Waals surface area contributed by atoms with E-state index in [1.54, 1.807) is 7.11 Å². The third-order valence-corrected chi connectivity index (χ3v) is 16.8. The van der Waals surface area contributed by atoms with Crippen molar-refractivity contribution in [2.45, 2.75) is 83.0 Å². The van der Waals surface area contributed by atoms with Gasteiger partial charge in [-0.2, -0.15) is 0 Å². The Morgan fingerprint density at radius 2 is 1.13 bits per heavy atom. The molecule has 0 heterocycles. The first-order valence-corrected chi connectivity index (χ1v) is 21.2.